The van der Waals surface area contributed by atoms with Crippen molar-refractivity contribution in [3.63, 3.8) is 0 Å². The summed E-state index contributed by atoms with van der Waals surface area (Å²) in [6.45, 7) is 6.05. The number of rotatable bonds is 5. The summed E-state index contributed by atoms with van der Waals surface area (Å²) in [6, 6.07) is 0. The molecule has 1 aromatic heterocycles. The smallest absolute Gasteiger partial charge is 0.160 e. The highest BCUT2D eigenvalue weighted by atomic mass is 16.1. The van der Waals surface area contributed by atoms with Gasteiger partial charge in [-0.05, 0) is 39.2 Å². The molecule has 1 aliphatic rings. The molecule has 4 nitrogen and oxygen atoms in total. The van der Waals surface area contributed by atoms with E-state index in [-0.39, 0.29) is 11.3 Å². The third-order valence-electron chi connectivity index (χ3n) is 3.82. The van der Waals surface area contributed by atoms with E-state index >= 15 is 0 Å². The quantitative estimate of drug-likeness (QED) is 0.867. The van der Waals surface area contributed by atoms with Gasteiger partial charge in [-0.2, -0.15) is 0 Å². The molecular formula is C14H23N3O. The number of carbonyl (C=O) groups excluding carboxylic acids is 1. The predicted molar refractivity (Wildman–Crippen MR) is 71.5 cm³/mol. The molecule has 1 N–H and O–H groups in total. The Balaban J connectivity index is 2.03. The summed E-state index contributed by atoms with van der Waals surface area (Å²) in [5, 5.41) is 3.37. The number of hydrogen-bond acceptors (Lipinski definition) is 3. The number of imidazole rings is 1. The standard InChI is InChI=1S/C14H23N3O/c1-3-9-17-10-8-15-13(17)11-12(18)14(2)6-4-5-7-16-14/h8,10,16H,3-7,9,11H2,1-2H3. The van der Waals surface area contributed by atoms with E-state index in [2.05, 4.69) is 21.8 Å². The van der Waals surface area contributed by atoms with E-state index in [0.717, 1.165) is 38.2 Å². The zero-order valence-corrected chi connectivity index (χ0v) is 11.4. The van der Waals surface area contributed by atoms with E-state index in [4.69, 9.17) is 0 Å². The van der Waals surface area contributed by atoms with Crippen LogP contribution in [0.25, 0.3) is 0 Å². The Labute approximate surface area is 109 Å². The van der Waals surface area contributed by atoms with Crippen LogP contribution in [0.4, 0.5) is 0 Å². The summed E-state index contributed by atoms with van der Waals surface area (Å²) >= 11 is 0. The Kier molecular flexibility index (Phi) is 4.17. The van der Waals surface area contributed by atoms with Crippen LogP contribution >= 0.6 is 0 Å². The molecule has 2 heterocycles. The van der Waals surface area contributed by atoms with Gasteiger partial charge in [0.1, 0.15) is 5.82 Å². The maximum atomic E-state index is 12.4. The van der Waals surface area contributed by atoms with Crippen LogP contribution in [0.15, 0.2) is 12.4 Å². The van der Waals surface area contributed by atoms with Crippen LogP contribution in [0.2, 0.25) is 0 Å². The summed E-state index contributed by atoms with van der Waals surface area (Å²) in [7, 11) is 0. The Bertz CT molecular complexity index is 405. The van der Waals surface area contributed by atoms with Crippen molar-refractivity contribution in [1.82, 2.24) is 14.9 Å². The third kappa shape index (κ3) is 2.80. The van der Waals surface area contributed by atoms with E-state index < -0.39 is 0 Å². The highest BCUT2D eigenvalue weighted by Crippen LogP contribution is 2.21. The molecule has 1 aliphatic heterocycles. The van der Waals surface area contributed by atoms with Gasteiger partial charge in [-0.15, -0.1) is 0 Å². The predicted octanol–water partition coefficient (Wildman–Crippen LogP) is 1.94. The first-order valence-electron chi connectivity index (χ1n) is 6.94. The SMILES string of the molecule is CCCn1ccnc1CC(=O)C1(C)CCCCN1. The maximum Gasteiger partial charge on any atom is 0.160 e. The Morgan fingerprint density at radius 1 is 1.56 bits per heavy atom. The van der Waals surface area contributed by atoms with Crippen LogP contribution in [-0.2, 0) is 17.8 Å². The lowest BCUT2D eigenvalue weighted by Crippen LogP contribution is -2.53. The van der Waals surface area contributed by atoms with Gasteiger partial charge in [-0.1, -0.05) is 6.92 Å². The van der Waals surface area contributed by atoms with Gasteiger partial charge in [0.05, 0.1) is 12.0 Å². The molecule has 1 fully saturated rings. The number of aryl methyl sites for hydroxylation is 1. The number of ketones is 1. The minimum Gasteiger partial charge on any atom is -0.335 e. The van der Waals surface area contributed by atoms with Crippen molar-refractivity contribution < 1.29 is 4.79 Å². The van der Waals surface area contributed by atoms with Gasteiger partial charge in [0.15, 0.2) is 5.78 Å². The fourth-order valence-electron chi connectivity index (χ4n) is 2.58. The summed E-state index contributed by atoms with van der Waals surface area (Å²) in [5.74, 6) is 1.17. The molecule has 0 amide bonds. The topological polar surface area (TPSA) is 46.9 Å². The van der Waals surface area contributed by atoms with Crippen LogP contribution in [0.5, 0.6) is 0 Å². The van der Waals surface area contributed by atoms with Crippen molar-refractivity contribution in [1.29, 1.82) is 0 Å². The molecule has 1 atom stereocenters. The lowest BCUT2D eigenvalue weighted by Gasteiger charge is -2.33. The second-order valence-corrected chi connectivity index (χ2v) is 5.35. The third-order valence-corrected chi connectivity index (χ3v) is 3.82. The molecule has 100 valence electrons. The van der Waals surface area contributed by atoms with Gasteiger partial charge in [0.25, 0.3) is 0 Å². The van der Waals surface area contributed by atoms with Crippen molar-refractivity contribution in [2.24, 2.45) is 0 Å². The van der Waals surface area contributed by atoms with Crippen LogP contribution in [-0.4, -0.2) is 27.4 Å². The number of carbonyl (C=O) groups is 1. The molecule has 0 saturated carbocycles. The van der Waals surface area contributed by atoms with Crippen molar-refractivity contribution in [3.8, 4) is 0 Å². The first-order chi connectivity index (χ1) is 8.65. The minimum absolute atomic E-state index is 0.269. The highest BCUT2D eigenvalue weighted by molar-refractivity contribution is 5.89. The second-order valence-electron chi connectivity index (χ2n) is 5.35. The maximum absolute atomic E-state index is 12.4. The average molecular weight is 249 g/mol. The fraction of sp³-hybridized carbons (Fsp3) is 0.714. The molecule has 18 heavy (non-hydrogen) atoms. The number of hydrogen-bond donors (Lipinski definition) is 1. The van der Waals surface area contributed by atoms with E-state index in [9.17, 15) is 4.79 Å². The zero-order chi connectivity index (χ0) is 13.0. The van der Waals surface area contributed by atoms with Gasteiger partial charge in [0.2, 0.25) is 0 Å². The number of piperidine rings is 1. The number of nitrogens with one attached hydrogen (secondary N) is 1. The van der Waals surface area contributed by atoms with Crippen LogP contribution in [0.1, 0.15) is 45.4 Å². The largest absolute Gasteiger partial charge is 0.335 e. The summed E-state index contributed by atoms with van der Waals surface area (Å²) in [6.07, 6.45) is 8.51. The molecule has 0 radical (unpaired) electrons. The van der Waals surface area contributed by atoms with Crippen LogP contribution in [0.3, 0.4) is 0 Å². The zero-order valence-electron chi connectivity index (χ0n) is 11.4. The number of Topliss-reactive ketones (excluding diaryl/α,β-unsaturated/α-hetero) is 1. The molecule has 0 spiro atoms. The molecule has 0 aliphatic carbocycles. The van der Waals surface area contributed by atoms with Crippen molar-refractivity contribution in [2.45, 2.75) is 58.0 Å². The Hall–Kier alpha value is -1.16. The molecule has 0 aromatic carbocycles. The summed E-state index contributed by atoms with van der Waals surface area (Å²) in [4.78, 5) is 16.7. The normalized spacial score (nSPS) is 24.1. The average Bonchev–Trinajstić information content (AvgIpc) is 2.78. The fourth-order valence-corrected chi connectivity index (χ4v) is 2.58. The molecule has 1 aromatic rings. The first-order valence-corrected chi connectivity index (χ1v) is 6.94. The monoisotopic (exact) mass is 249 g/mol. The first kappa shape index (κ1) is 13.3. The van der Waals surface area contributed by atoms with Crippen molar-refractivity contribution in [3.05, 3.63) is 18.2 Å². The highest BCUT2D eigenvalue weighted by Gasteiger charge is 2.34. The van der Waals surface area contributed by atoms with Crippen LogP contribution < -0.4 is 5.32 Å². The summed E-state index contributed by atoms with van der Waals surface area (Å²) in [5.41, 5.74) is -0.346. The van der Waals surface area contributed by atoms with Crippen molar-refractivity contribution >= 4 is 5.78 Å². The Morgan fingerprint density at radius 3 is 3.06 bits per heavy atom. The molecule has 1 saturated heterocycles. The van der Waals surface area contributed by atoms with Gasteiger partial charge >= 0.3 is 0 Å². The lowest BCUT2D eigenvalue weighted by atomic mass is 9.85. The number of aromatic nitrogens is 2. The molecule has 1 unspecified atom stereocenters. The Morgan fingerprint density at radius 2 is 2.39 bits per heavy atom. The van der Waals surface area contributed by atoms with E-state index in [0.29, 0.717) is 6.42 Å². The van der Waals surface area contributed by atoms with Gasteiger partial charge < -0.3 is 9.88 Å². The van der Waals surface area contributed by atoms with Gasteiger partial charge in [0, 0.05) is 18.9 Å². The van der Waals surface area contributed by atoms with Gasteiger partial charge in [-0.25, -0.2) is 4.98 Å². The van der Waals surface area contributed by atoms with E-state index in [1.54, 1.807) is 6.20 Å². The molecule has 4 heteroatoms. The second kappa shape index (κ2) is 5.65. The molecule has 0 bridgehead atoms. The minimum atomic E-state index is -0.346. The van der Waals surface area contributed by atoms with E-state index in [1.807, 2.05) is 13.1 Å². The molecule has 2 rings (SSSR count). The van der Waals surface area contributed by atoms with Crippen molar-refractivity contribution in [2.75, 3.05) is 6.54 Å². The van der Waals surface area contributed by atoms with E-state index in [1.165, 1.54) is 6.42 Å². The summed E-state index contributed by atoms with van der Waals surface area (Å²) < 4.78 is 2.09. The lowest BCUT2D eigenvalue weighted by molar-refractivity contribution is -0.125. The van der Waals surface area contributed by atoms with Crippen LogP contribution in [0, 0.1) is 0 Å². The number of nitrogens with zero attached hydrogens (tertiary/aromatic N) is 2. The molecular weight excluding hydrogens is 226 g/mol. The van der Waals surface area contributed by atoms with Gasteiger partial charge in [-0.3, -0.25) is 4.79 Å².